The molecule has 0 spiro atoms. The molecule has 2 aromatic heterocycles. The molecule has 11 nitrogen and oxygen atoms in total. The summed E-state index contributed by atoms with van der Waals surface area (Å²) >= 11 is 7.72. The number of anilines is 5. The first-order chi connectivity index (χ1) is 20.8. The van der Waals surface area contributed by atoms with Gasteiger partial charge in [0.25, 0.3) is 5.91 Å². The van der Waals surface area contributed by atoms with Crippen LogP contribution in [0.25, 0.3) is 0 Å². The Balaban J connectivity index is 1.35. The van der Waals surface area contributed by atoms with Crippen LogP contribution in [0.15, 0.2) is 60.1 Å². The molecule has 0 radical (unpaired) electrons. The molecule has 3 heterocycles. The number of aryl methyl sites for hydroxylation is 1. The highest BCUT2D eigenvalue weighted by Gasteiger charge is 2.29. The third kappa shape index (κ3) is 6.71. The van der Waals surface area contributed by atoms with Crippen LogP contribution in [0.5, 0.6) is 0 Å². The average molecular weight is 620 g/mol. The summed E-state index contributed by atoms with van der Waals surface area (Å²) in [5, 5.41) is 11.1. The van der Waals surface area contributed by atoms with Crippen LogP contribution in [-0.4, -0.2) is 52.9 Å². The monoisotopic (exact) mass is 619 g/mol. The van der Waals surface area contributed by atoms with E-state index in [1.54, 1.807) is 11.9 Å². The summed E-state index contributed by atoms with van der Waals surface area (Å²) in [5.41, 5.74) is 4.46. The van der Waals surface area contributed by atoms with E-state index >= 15 is 0 Å². The van der Waals surface area contributed by atoms with Crippen molar-refractivity contribution in [3.05, 3.63) is 86.7 Å². The van der Waals surface area contributed by atoms with Gasteiger partial charge in [0.2, 0.25) is 11.9 Å². The number of nitrogens with one attached hydrogen (secondary N) is 3. The first kappa shape index (κ1) is 29.8. The Morgan fingerprint density at radius 2 is 1.91 bits per heavy atom. The second kappa shape index (κ2) is 13.1. The van der Waals surface area contributed by atoms with Crippen LogP contribution in [0.1, 0.15) is 33.3 Å². The van der Waals surface area contributed by atoms with Gasteiger partial charge in [-0.1, -0.05) is 48.0 Å². The minimum atomic E-state index is -0.557. The summed E-state index contributed by atoms with van der Waals surface area (Å²) < 4.78 is 5.50. The van der Waals surface area contributed by atoms with Crippen LogP contribution in [-0.2, 0) is 22.7 Å². The molecule has 43 heavy (non-hydrogen) atoms. The van der Waals surface area contributed by atoms with E-state index < -0.39 is 6.09 Å². The number of thiophene rings is 1. The SMILES string of the molecule is CCN1C(=O)CN(C(=O)OCc2ccccc2)Cc2ccc(Nc3ncc(Cl)c(Nc4c(C)csc4C(=O)NC)n3)cc21. The number of ether oxygens (including phenoxy) is 1. The van der Waals surface area contributed by atoms with Gasteiger partial charge < -0.3 is 25.6 Å². The number of hydrogen-bond acceptors (Lipinski definition) is 9. The number of hydrogen-bond donors (Lipinski definition) is 3. The van der Waals surface area contributed by atoms with Crippen molar-refractivity contribution in [2.75, 3.05) is 35.7 Å². The molecule has 0 bridgehead atoms. The number of halogens is 1. The number of fused-ring (bicyclic) bond motifs is 1. The number of rotatable bonds is 8. The molecule has 5 rings (SSSR count). The van der Waals surface area contributed by atoms with Crippen LogP contribution in [0.3, 0.4) is 0 Å². The Hall–Kier alpha value is -4.68. The van der Waals surface area contributed by atoms with Crippen LogP contribution in [0.2, 0.25) is 5.02 Å². The van der Waals surface area contributed by atoms with Crippen molar-refractivity contribution < 1.29 is 19.1 Å². The second-order valence-corrected chi connectivity index (χ2v) is 11.0. The highest BCUT2D eigenvalue weighted by atomic mass is 35.5. The lowest BCUT2D eigenvalue weighted by Crippen LogP contribution is -2.40. The molecule has 2 aromatic carbocycles. The molecule has 0 saturated heterocycles. The first-order valence-corrected chi connectivity index (χ1v) is 14.8. The number of benzene rings is 2. The molecule has 3 amide bonds. The largest absolute Gasteiger partial charge is 0.445 e. The van der Waals surface area contributed by atoms with Crippen LogP contribution >= 0.6 is 22.9 Å². The lowest BCUT2D eigenvalue weighted by Gasteiger charge is -2.21. The minimum Gasteiger partial charge on any atom is -0.445 e. The van der Waals surface area contributed by atoms with Gasteiger partial charge in [0, 0.05) is 19.3 Å². The van der Waals surface area contributed by atoms with E-state index in [4.69, 9.17) is 16.3 Å². The van der Waals surface area contributed by atoms with Crippen LogP contribution in [0, 0.1) is 6.92 Å². The standard InChI is InChI=1S/C30H30ClN7O4S/c1-4-38-23-12-21(11-10-20(23)14-37(15-24(38)39)30(41)42-16-19-8-6-5-7-9-19)34-29-33-13-22(31)27(36-29)35-25-18(2)17-43-26(25)28(40)32-3/h5-13,17H,4,14-16H2,1-3H3,(H,32,40)(H2,33,34,35,36). The fraction of sp³-hybridized carbons (Fsp3) is 0.233. The van der Waals surface area contributed by atoms with Gasteiger partial charge in [0.1, 0.15) is 23.1 Å². The van der Waals surface area contributed by atoms with E-state index in [0.717, 1.165) is 16.7 Å². The molecule has 0 fully saturated rings. The molecule has 1 aliphatic rings. The molecular weight excluding hydrogens is 590 g/mol. The lowest BCUT2D eigenvalue weighted by atomic mass is 10.1. The van der Waals surface area contributed by atoms with Gasteiger partial charge in [0.15, 0.2) is 5.82 Å². The Morgan fingerprint density at radius 1 is 1.12 bits per heavy atom. The Labute approximate surface area is 257 Å². The number of carbonyl (C=O) groups excluding carboxylic acids is 3. The second-order valence-electron chi connectivity index (χ2n) is 9.72. The van der Waals surface area contributed by atoms with Crippen molar-refractivity contribution in [3.63, 3.8) is 0 Å². The number of nitrogens with zero attached hydrogens (tertiary/aromatic N) is 4. The maximum absolute atomic E-state index is 13.2. The Kier molecular flexibility index (Phi) is 9.07. The number of amides is 3. The van der Waals surface area contributed by atoms with Gasteiger partial charge in [-0.15, -0.1) is 11.3 Å². The van der Waals surface area contributed by atoms with Gasteiger partial charge in [-0.3, -0.25) is 14.5 Å². The molecule has 13 heteroatoms. The Bertz CT molecular complexity index is 1660. The van der Waals surface area contributed by atoms with E-state index in [0.29, 0.717) is 34.3 Å². The van der Waals surface area contributed by atoms with E-state index in [1.807, 2.05) is 67.8 Å². The normalized spacial score (nSPS) is 12.8. The molecule has 1 aliphatic heterocycles. The summed E-state index contributed by atoms with van der Waals surface area (Å²) in [4.78, 5) is 50.8. The molecule has 3 N–H and O–H groups in total. The fourth-order valence-electron chi connectivity index (χ4n) is 4.60. The molecule has 4 aromatic rings. The van der Waals surface area contributed by atoms with Crippen molar-refractivity contribution in [3.8, 4) is 0 Å². The maximum Gasteiger partial charge on any atom is 0.410 e. The van der Waals surface area contributed by atoms with Gasteiger partial charge in [-0.2, -0.15) is 4.98 Å². The zero-order chi connectivity index (χ0) is 30.5. The van der Waals surface area contributed by atoms with Crippen LogP contribution < -0.4 is 20.9 Å². The fourth-order valence-corrected chi connectivity index (χ4v) is 5.69. The number of carbonyl (C=O) groups is 3. The van der Waals surface area contributed by atoms with Crippen molar-refractivity contribution in [2.24, 2.45) is 0 Å². The molecule has 0 atom stereocenters. The maximum atomic E-state index is 13.2. The van der Waals surface area contributed by atoms with Gasteiger partial charge in [0.05, 0.1) is 24.1 Å². The van der Waals surface area contributed by atoms with Gasteiger partial charge in [-0.05, 0) is 48.1 Å². The number of aromatic nitrogens is 2. The predicted molar refractivity (Wildman–Crippen MR) is 168 cm³/mol. The molecule has 0 unspecified atom stereocenters. The zero-order valence-corrected chi connectivity index (χ0v) is 25.4. The van der Waals surface area contributed by atoms with E-state index in [-0.39, 0.29) is 42.5 Å². The smallest absolute Gasteiger partial charge is 0.410 e. The van der Waals surface area contributed by atoms with E-state index in [2.05, 4.69) is 25.9 Å². The van der Waals surface area contributed by atoms with Gasteiger partial charge >= 0.3 is 6.09 Å². The van der Waals surface area contributed by atoms with Crippen molar-refractivity contribution in [1.82, 2.24) is 20.2 Å². The summed E-state index contributed by atoms with van der Waals surface area (Å²) in [6.07, 6.45) is 0.906. The summed E-state index contributed by atoms with van der Waals surface area (Å²) in [6.45, 7) is 4.42. The molecular formula is C30H30ClN7O4S. The van der Waals surface area contributed by atoms with Gasteiger partial charge in [-0.25, -0.2) is 9.78 Å². The predicted octanol–water partition coefficient (Wildman–Crippen LogP) is 5.85. The van der Waals surface area contributed by atoms with E-state index in [9.17, 15) is 14.4 Å². The van der Waals surface area contributed by atoms with E-state index in [1.165, 1.54) is 22.4 Å². The van der Waals surface area contributed by atoms with Crippen molar-refractivity contribution in [1.29, 1.82) is 0 Å². The minimum absolute atomic E-state index is 0.103. The summed E-state index contributed by atoms with van der Waals surface area (Å²) in [6, 6.07) is 14.9. The Morgan fingerprint density at radius 3 is 2.65 bits per heavy atom. The first-order valence-electron chi connectivity index (χ1n) is 13.5. The lowest BCUT2D eigenvalue weighted by molar-refractivity contribution is -0.119. The quantitative estimate of drug-likeness (QED) is 0.224. The summed E-state index contributed by atoms with van der Waals surface area (Å²) in [5.74, 6) is 0.153. The van der Waals surface area contributed by atoms with Crippen molar-refractivity contribution in [2.45, 2.75) is 27.0 Å². The average Bonchev–Trinajstić information content (AvgIpc) is 3.30. The highest BCUT2D eigenvalue weighted by Crippen LogP contribution is 2.34. The third-order valence-electron chi connectivity index (χ3n) is 6.80. The van der Waals surface area contributed by atoms with Crippen molar-refractivity contribution >= 4 is 69.7 Å². The molecule has 0 saturated carbocycles. The topological polar surface area (TPSA) is 129 Å². The molecule has 222 valence electrons. The third-order valence-corrected chi connectivity index (χ3v) is 8.17. The summed E-state index contributed by atoms with van der Waals surface area (Å²) in [7, 11) is 1.57. The number of likely N-dealkylation sites (N-methyl/N-ethyl adjacent to an activating group) is 1. The highest BCUT2D eigenvalue weighted by molar-refractivity contribution is 7.12. The molecule has 0 aliphatic carbocycles. The zero-order valence-electron chi connectivity index (χ0n) is 23.8. The van der Waals surface area contributed by atoms with Crippen LogP contribution in [0.4, 0.5) is 33.6 Å².